The first-order chi connectivity index (χ1) is 8.97. The maximum atomic E-state index is 10.6. The van der Waals surface area contributed by atoms with E-state index in [1.165, 1.54) is 26.7 Å². The van der Waals surface area contributed by atoms with Crippen LogP contribution in [0.15, 0.2) is 18.2 Å². The SMILES string of the molecule is Cc1cc(C(C)NCc2ccc([N+](=O)[O-])s2)c(C)s1. The van der Waals surface area contributed by atoms with Gasteiger partial charge in [-0.05, 0) is 38.5 Å². The molecule has 1 unspecified atom stereocenters. The van der Waals surface area contributed by atoms with E-state index >= 15 is 0 Å². The second kappa shape index (κ2) is 5.81. The fourth-order valence-corrected chi connectivity index (χ4v) is 3.80. The molecule has 0 aromatic carbocycles. The molecule has 0 aliphatic heterocycles. The Morgan fingerprint density at radius 1 is 1.37 bits per heavy atom. The summed E-state index contributed by atoms with van der Waals surface area (Å²) in [6, 6.07) is 5.83. The summed E-state index contributed by atoms with van der Waals surface area (Å²) in [6.45, 7) is 7.02. The van der Waals surface area contributed by atoms with E-state index in [4.69, 9.17) is 0 Å². The van der Waals surface area contributed by atoms with Crippen LogP contribution in [0, 0.1) is 24.0 Å². The van der Waals surface area contributed by atoms with Crippen molar-refractivity contribution in [2.75, 3.05) is 0 Å². The van der Waals surface area contributed by atoms with Crippen molar-refractivity contribution in [1.29, 1.82) is 0 Å². The van der Waals surface area contributed by atoms with Crippen molar-refractivity contribution in [3.05, 3.63) is 48.5 Å². The maximum absolute atomic E-state index is 10.6. The van der Waals surface area contributed by atoms with Crippen molar-refractivity contribution in [2.24, 2.45) is 0 Å². The van der Waals surface area contributed by atoms with Gasteiger partial charge in [0.15, 0.2) is 0 Å². The Morgan fingerprint density at radius 3 is 2.63 bits per heavy atom. The van der Waals surface area contributed by atoms with E-state index in [0.29, 0.717) is 6.54 Å². The average Bonchev–Trinajstić information content (AvgIpc) is 2.93. The summed E-state index contributed by atoms with van der Waals surface area (Å²) in [6.07, 6.45) is 0. The van der Waals surface area contributed by atoms with Crippen molar-refractivity contribution < 1.29 is 4.92 Å². The van der Waals surface area contributed by atoms with E-state index in [1.807, 2.05) is 6.07 Å². The zero-order valence-electron chi connectivity index (χ0n) is 11.1. The molecule has 2 rings (SSSR count). The largest absolute Gasteiger partial charge is 0.324 e. The Morgan fingerprint density at radius 2 is 2.11 bits per heavy atom. The van der Waals surface area contributed by atoms with Crippen LogP contribution in [0.25, 0.3) is 0 Å². The van der Waals surface area contributed by atoms with Gasteiger partial charge >= 0.3 is 5.00 Å². The summed E-state index contributed by atoms with van der Waals surface area (Å²) in [5, 5.41) is 14.2. The maximum Gasteiger partial charge on any atom is 0.324 e. The number of rotatable bonds is 5. The van der Waals surface area contributed by atoms with Crippen LogP contribution >= 0.6 is 22.7 Å². The first-order valence-corrected chi connectivity index (χ1v) is 7.64. The molecule has 1 atom stereocenters. The average molecular weight is 296 g/mol. The highest BCUT2D eigenvalue weighted by Gasteiger charge is 2.13. The summed E-state index contributed by atoms with van der Waals surface area (Å²) in [5.41, 5.74) is 1.31. The van der Waals surface area contributed by atoms with Crippen LogP contribution in [-0.2, 0) is 6.54 Å². The van der Waals surface area contributed by atoms with Crippen LogP contribution in [0.3, 0.4) is 0 Å². The van der Waals surface area contributed by atoms with E-state index in [2.05, 4.69) is 32.2 Å². The Bertz CT molecular complexity index is 589. The molecule has 19 heavy (non-hydrogen) atoms. The molecule has 0 saturated carbocycles. The third-order valence-electron chi connectivity index (χ3n) is 2.96. The summed E-state index contributed by atoms with van der Waals surface area (Å²) in [7, 11) is 0. The minimum absolute atomic E-state index is 0.201. The van der Waals surface area contributed by atoms with Crippen molar-refractivity contribution in [2.45, 2.75) is 33.4 Å². The van der Waals surface area contributed by atoms with E-state index in [-0.39, 0.29) is 16.0 Å². The van der Waals surface area contributed by atoms with Crippen LogP contribution in [0.4, 0.5) is 5.00 Å². The Hall–Kier alpha value is -1.24. The number of hydrogen-bond donors (Lipinski definition) is 1. The molecule has 0 fully saturated rings. The molecule has 0 bridgehead atoms. The molecule has 0 spiro atoms. The van der Waals surface area contributed by atoms with Crippen molar-refractivity contribution >= 4 is 27.7 Å². The van der Waals surface area contributed by atoms with Gasteiger partial charge in [-0.15, -0.1) is 11.3 Å². The molecule has 102 valence electrons. The van der Waals surface area contributed by atoms with Crippen LogP contribution in [0.2, 0.25) is 0 Å². The Balaban J connectivity index is 1.98. The lowest BCUT2D eigenvalue weighted by atomic mass is 10.1. The number of nitro groups is 1. The van der Waals surface area contributed by atoms with Gasteiger partial charge < -0.3 is 5.32 Å². The highest BCUT2D eigenvalue weighted by molar-refractivity contribution is 7.15. The topological polar surface area (TPSA) is 55.2 Å². The minimum Gasteiger partial charge on any atom is -0.305 e. The van der Waals surface area contributed by atoms with Crippen LogP contribution in [0.5, 0.6) is 0 Å². The predicted octanol–water partition coefficient (Wildman–Crippen LogP) is 4.19. The van der Waals surface area contributed by atoms with Gasteiger partial charge in [-0.25, -0.2) is 0 Å². The van der Waals surface area contributed by atoms with Gasteiger partial charge in [0.1, 0.15) is 0 Å². The highest BCUT2D eigenvalue weighted by Crippen LogP contribution is 2.28. The second-order valence-electron chi connectivity index (χ2n) is 4.47. The van der Waals surface area contributed by atoms with Crippen molar-refractivity contribution in [3.63, 3.8) is 0 Å². The molecule has 2 aromatic rings. The summed E-state index contributed by atoms with van der Waals surface area (Å²) in [4.78, 5) is 13.9. The molecule has 0 aliphatic rings. The monoisotopic (exact) mass is 296 g/mol. The van der Waals surface area contributed by atoms with Crippen molar-refractivity contribution in [1.82, 2.24) is 5.32 Å². The summed E-state index contributed by atoms with van der Waals surface area (Å²) in [5.74, 6) is 0. The van der Waals surface area contributed by atoms with E-state index in [1.54, 1.807) is 17.4 Å². The highest BCUT2D eigenvalue weighted by atomic mass is 32.1. The number of aryl methyl sites for hydroxylation is 2. The molecule has 6 heteroatoms. The van der Waals surface area contributed by atoms with Gasteiger partial charge in [-0.1, -0.05) is 11.3 Å². The number of nitrogens with zero attached hydrogens (tertiary/aromatic N) is 1. The van der Waals surface area contributed by atoms with Gasteiger partial charge in [0.25, 0.3) is 0 Å². The molecule has 2 heterocycles. The minimum atomic E-state index is -0.343. The Labute approximate surface area is 120 Å². The van der Waals surface area contributed by atoms with E-state index in [9.17, 15) is 10.1 Å². The van der Waals surface area contributed by atoms with Gasteiger partial charge in [0.05, 0.1) is 4.92 Å². The molecule has 0 amide bonds. The molecular weight excluding hydrogens is 280 g/mol. The fourth-order valence-electron chi connectivity index (χ4n) is 2.00. The quantitative estimate of drug-likeness (QED) is 0.665. The summed E-state index contributed by atoms with van der Waals surface area (Å²) >= 11 is 3.03. The van der Waals surface area contributed by atoms with Gasteiger partial charge in [-0.2, -0.15) is 0 Å². The molecular formula is C13H16N2O2S2. The normalized spacial score (nSPS) is 12.6. The second-order valence-corrected chi connectivity index (χ2v) is 7.08. The fraction of sp³-hybridized carbons (Fsp3) is 0.385. The standard InChI is InChI=1S/C13H16N2O2S2/c1-8-6-12(10(3)18-8)9(2)14-7-11-4-5-13(19-11)15(16)17/h4-6,9,14H,7H2,1-3H3. The van der Waals surface area contributed by atoms with Gasteiger partial charge in [0.2, 0.25) is 0 Å². The van der Waals surface area contributed by atoms with Gasteiger partial charge in [-0.3, -0.25) is 10.1 Å². The smallest absolute Gasteiger partial charge is 0.305 e. The predicted molar refractivity (Wildman–Crippen MR) is 80.0 cm³/mol. The lowest BCUT2D eigenvalue weighted by Crippen LogP contribution is -2.17. The zero-order valence-corrected chi connectivity index (χ0v) is 12.7. The first kappa shape index (κ1) is 14.2. The lowest BCUT2D eigenvalue weighted by molar-refractivity contribution is -0.380. The van der Waals surface area contributed by atoms with Gasteiger partial charge in [0, 0.05) is 33.3 Å². The van der Waals surface area contributed by atoms with E-state index < -0.39 is 0 Å². The molecule has 0 saturated heterocycles. The molecule has 0 aliphatic carbocycles. The van der Waals surface area contributed by atoms with Crippen LogP contribution in [0.1, 0.15) is 33.2 Å². The van der Waals surface area contributed by atoms with Crippen LogP contribution in [-0.4, -0.2) is 4.92 Å². The number of hydrogen-bond acceptors (Lipinski definition) is 5. The zero-order chi connectivity index (χ0) is 14.0. The third-order valence-corrected chi connectivity index (χ3v) is 4.97. The number of thiophene rings is 2. The number of nitrogens with one attached hydrogen (secondary N) is 1. The summed E-state index contributed by atoms with van der Waals surface area (Å²) < 4.78 is 0. The molecule has 4 nitrogen and oxygen atoms in total. The molecule has 2 aromatic heterocycles. The van der Waals surface area contributed by atoms with Crippen molar-refractivity contribution in [3.8, 4) is 0 Å². The lowest BCUT2D eigenvalue weighted by Gasteiger charge is -2.12. The molecule has 1 N–H and O–H groups in total. The molecule has 0 radical (unpaired) electrons. The first-order valence-electron chi connectivity index (χ1n) is 6.01. The van der Waals surface area contributed by atoms with E-state index in [0.717, 1.165) is 4.88 Å². The van der Waals surface area contributed by atoms with Crippen LogP contribution < -0.4 is 5.32 Å². The third kappa shape index (κ3) is 3.40. The Kier molecular flexibility index (Phi) is 4.34.